The fraction of sp³-hybridized carbons (Fsp3) is 0.267. The van der Waals surface area contributed by atoms with Gasteiger partial charge in [-0.3, -0.25) is 4.79 Å². The Morgan fingerprint density at radius 1 is 1.43 bits per heavy atom. The summed E-state index contributed by atoms with van der Waals surface area (Å²) in [5.74, 6) is -0.688. The minimum Gasteiger partial charge on any atom is -0.367 e. The molecule has 2 heterocycles. The number of hydrogen-bond donors (Lipinski definition) is 2. The molecule has 0 aromatic carbocycles. The zero-order chi connectivity index (χ0) is 19.3. The van der Waals surface area contributed by atoms with Gasteiger partial charge < -0.3 is 10.6 Å². The Hall–Kier alpha value is -2.14. The number of aryl methyl sites for hydroxylation is 1. The fourth-order valence-electron chi connectivity index (χ4n) is 1.76. The first kappa shape index (κ1) is 9.00. The minimum absolute atomic E-state index is 0.0249. The van der Waals surface area contributed by atoms with Crippen LogP contribution in [0.5, 0.6) is 0 Å². The maximum absolute atomic E-state index is 12.6. The van der Waals surface area contributed by atoms with Crippen molar-refractivity contribution in [3.63, 3.8) is 0 Å². The average Bonchev–Trinajstić information content (AvgIpc) is 2.87. The van der Waals surface area contributed by atoms with Crippen molar-refractivity contribution >= 4 is 29.0 Å². The molecule has 5 nitrogen and oxygen atoms in total. The van der Waals surface area contributed by atoms with Crippen LogP contribution in [0.1, 0.15) is 35.5 Å². The highest BCUT2D eigenvalue weighted by atomic mass is 35.5. The lowest BCUT2D eigenvalue weighted by Crippen LogP contribution is -2.17. The van der Waals surface area contributed by atoms with Gasteiger partial charge in [-0.05, 0) is 43.4 Å². The highest BCUT2D eigenvalue weighted by molar-refractivity contribution is 6.33. The molecule has 0 saturated heterocycles. The van der Waals surface area contributed by atoms with E-state index >= 15 is 0 Å². The summed E-state index contributed by atoms with van der Waals surface area (Å²) >= 11 is 6.01. The molecule has 0 unspecified atom stereocenters. The predicted molar refractivity (Wildman–Crippen MR) is 82.8 cm³/mol. The smallest absolute Gasteiger partial charge is 0.259 e. The molecule has 2 N–H and O–H groups in total. The molecule has 1 fully saturated rings. The summed E-state index contributed by atoms with van der Waals surface area (Å²) in [7, 11) is 0. The standard InChI is InChI=1S/C15H15ClN4O/c1-9-6-8-17-13(16)12(9)20-15(21)11-3-2-7-18-14(11)19-10-4-5-10/h2-3,6-8,10H,4-5H2,1H3,(H,18,19)(H,20,21)/i4D2,5D2,10D. The Kier molecular flexibility index (Phi) is 2.44. The first-order chi connectivity index (χ1) is 12.0. The van der Waals surface area contributed by atoms with Crippen LogP contribution < -0.4 is 10.6 Å². The maximum Gasteiger partial charge on any atom is 0.259 e. The van der Waals surface area contributed by atoms with Crippen LogP contribution in [0.25, 0.3) is 0 Å². The Balaban J connectivity index is 1.90. The molecular formula is C15H15ClN4O. The minimum atomic E-state index is -2.42. The van der Waals surface area contributed by atoms with Crippen LogP contribution in [0, 0.1) is 6.92 Å². The van der Waals surface area contributed by atoms with Crippen molar-refractivity contribution in [1.29, 1.82) is 0 Å². The van der Waals surface area contributed by atoms with Crippen molar-refractivity contribution in [2.45, 2.75) is 25.7 Å². The molecule has 3 rings (SSSR count). The lowest BCUT2D eigenvalue weighted by atomic mass is 10.2. The Morgan fingerprint density at radius 2 is 2.24 bits per heavy atom. The Bertz CT molecular complexity index is 858. The number of amides is 1. The highest BCUT2D eigenvalue weighted by Crippen LogP contribution is 2.27. The van der Waals surface area contributed by atoms with Gasteiger partial charge in [-0.25, -0.2) is 9.97 Å². The number of anilines is 2. The molecule has 0 spiro atoms. The first-order valence-electron chi connectivity index (χ1n) is 8.68. The molecule has 1 amide bonds. The molecule has 1 aliphatic carbocycles. The lowest BCUT2D eigenvalue weighted by molar-refractivity contribution is 0.102. The molecule has 0 radical (unpaired) electrons. The van der Waals surface area contributed by atoms with E-state index in [4.69, 9.17) is 18.5 Å². The second kappa shape index (κ2) is 5.69. The summed E-state index contributed by atoms with van der Waals surface area (Å²) in [5.41, 5.74) is 1.05. The lowest BCUT2D eigenvalue weighted by Gasteiger charge is -2.12. The molecule has 0 bridgehead atoms. The number of pyridine rings is 2. The van der Waals surface area contributed by atoms with Crippen molar-refractivity contribution in [1.82, 2.24) is 9.97 Å². The van der Waals surface area contributed by atoms with E-state index in [1.807, 2.05) is 0 Å². The predicted octanol–water partition coefficient (Wildman–Crippen LogP) is 3.27. The molecule has 108 valence electrons. The fourth-order valence-corrected chi connectivity index (χ4v) is 2.01. The SMILES string of the molecule is [2H]C1([2H])C([2H])([2H])C1([2H])Nc1ncccc1C(=O)Nc1c(C)ccnc1Cl. The van der Waals surface area contributed by atoms with Crippen LogP contribution in [0.4, 0.5) is 11.5 Å². The molecule has 0 atom stereocenters. The second-order valence-corrected chi connectivity index (χ2v) is 4.76. The van der Waals surface area contributed by atoms with Gasteiger partial charge in [0.05, 0.1) is 12.6 Å². The third-order valence-electron chi connectivity index (χ3n) is 2.90. The van der Waals surface area contributed by atoms with E-state index < -0.39 is 24.7 Å². The number of nitrogens with zero attached hydrogens (tertiary/aromatic N) is 2. The van der Waals surface area contributed by atoms with Gasteiger partial charge in [-0.15, -0.1) is 0 Å². The largest absolute Gasteiger partial charge is 0.367 e. The zero-order valence-electron chi connectivity index (χ0n) is 16.1. The van der Waals surface area contributed by atoms with Crippen molar-refractivity contribution in [2.24, 2.45) is 0 Å². The number of carbonyl (C=O) groups is 1. The number of hydrogen-bond acceptors (Lipinski definition) is 4. The monoisotopic (exact) mass is 307 g/mol. The summed E-state index contributed by atoms with van der Waals surface area (Å²) in [6.45, 7) is 1.75. The molecule has 2 aromatic rings. The zero-order valence-corrected chi connectivity index (χ0v) is 11.8. The van der Waals surface area contributed by atoms with Gasteiger partial charge in [0.2, 0.25) is 0 Å². The van der Waals surface area contributed by atoms with Gasteiger partial charge in [-0.1, -0.05) is 11.6 Å². The van der Waals surface area contributed by atoms with E-state index in [2.05, 4.69) is 20.6 Å². The first-order valence-corrected chi connectivity index (χ1v) is 6.56. The van der Waals surface area contributed by atoms with E-state index in [0.29, 0.717) is 11.3 Å². The topological polar surface area (TPSA) is 66.9 Å². The van der Waals surface area contributed by atoms with Crippen molar-refractivity contribution in [3.8, 4) is 0 Å². The number of rotatable bonds is 4. The molecule has 0 aliphatic heterocycles. The summed E-state index contributed by atoms with van der Waals surface area (Å²) in [6, 6.07) is 2.37. The van der Waals surface area contributed by atoms with Crippen molar-refractivity contribution in [2.75, 3.05) is 10.6 Å². The van der Waals surface area contributed by atoms with Gasteiger partial charge in [0.15, 0.2) is 5.15 Å². The van der Waals surface area contributed by atoms with Crippen molar-refractivity contribution in [3.05, 3.63) is 46.9 Å². The van der Waals surface area contributed by atoms with Gasteiger partial charge >= 0.3 is 0 Å². The van der Waals surface area contributed by atoms with Gasteiger partial charge in [-0.2, -0.15) is 0 Å². The van der Waals surface area contributed by atoms with E-state index in [9.17, 15) is 4.79 Å². The number of nitrogens with one attached hydrogen (secondary N) is 2. The van der Waals surface area contributed by atoms with E-state index in [-0.39, 0.29) is 16.5 Å². The summed E-state index contributed by atoms with van der Waals surface area (Å²) in [5, 5.41) is 5.17. The molecule has 21 heavy (non-hydrogen) atoms. The van der Waals surface area contributed by atoms with Crippen molar-refractivity contribution < 1.29 is 11.6 Å². The average molecular weight is 308 g/mol. The Labute approximate surface area is 134 Å². The third kappa shape index (κ3) is 3.13. The van der Waals surface area contributed by atoms with Crippen LogP contribution in [-0.2, 0) is 0 Å². The van der Waals surface area contributed by atoms with Crippen LogP contribution in [-0.4, -0.2) is 21.9 Å². The molecule has 2 aromatic heterocycles. The number of aromatic nitrogens is 2. The molecule has 1 saturated carbocycles. The maximum atomic E-state index is 12.6. The van der Waals surface area contributed by atoms with E-state index in [1.54, 1.807) is 13.0 Å². The van der Waals surface area contributed by atoms with E-state index in [1.165, 1.54) is 24.5 Å². The molecular weight excluding hydrogens is 288 g/mol. The summed E-state index contributed by atoms with van der Waals surface area (Å²) in [6.07, 6.45) is -1.98. The Morgan fingerprint density at radius 3 is 2.95 bits per heavy atom. The summed E-state index contributed by atoms with van der Waals surface area (Å²) < 4.78 is 38.7. The molecule has 6 heteroatoms. The van der Waals surface area contributed by atoms with Crippen LogP contribution in [0.15, 0.2) is 30.6 Å². The summed E-state index contributed by atoms with van der Waals surface area (Å²) in [4.78, 5) is 20.5. The quantitative estimate of drug-likeness (QED) is 0.851. The number of halogens is 1. The van der Waals surface area contributed by atoms with Gasteiger partial charge in [0.1, 0.15) is 5.82 Å². The second-order valence-electron chi connectivity index (χ2n) is 4.40. The van der Waals surface area contributed by atoms with Gasteiger partial charge in [0, 0.05) is 23.9 Å². The van der Waals surface area contributed by atoms with Crippen LogP contribution >= 0.6 is 11.6 Å². The highest BCUT2D eigenvalue weighted by Gasteiger charge is 2.24. The van der Waals surface area contributed by atoms with Crippen LogP contribution in [0.3, 0.4) is 0 Å². The number of carbonyl (C=O) groups excluding carboxylic acids is 1. The van der Waals surface area contributed by atoms with Crippen LogP contribution in [0.2, 0.25) is 5.15 Å². The normalized spacial score (nSPS) is 23.6. The van der Waals surface area contributed by atoms with Gasteiger partial charge in [0.25, 0.3) is 5.91 Å². The third-order valence-corrected chi connectivity index (χ3v) is 3.18. The van der Waals surface area contributed by atoms with E-state index in [0.717, 1.165) is 0 Å². The molecule has 1 aliphatic rings.